The second kappa shape index (κ2) is 11.0. The van der Waals surface area contributed by atoms with Gasteiger partial charge in [0.2, 0.25) is 11.8 Å². The van der Waals surface area contributed by atoms with Crippen molar-refractivity contribution in [2.45, 2.75) is 37.3 Å². The zero-order chi connectivity index (χ0) is 31.7. The van der Waals surface area contributed by atoms with Gasteiger partial charge in [0, 0.05) is 20.0 Å². The van der Waals surface area contributed by atoms with Gasteiger partial charge in [0.25, 0.3) is 0 Å². The van der Waals surface area contributed by atoms with Crippen LogP contribution in [0.3, 0.4) is 0 Å². The summed E-state index contributed by atoms with van der Waals surface area (Å²) in [5.41, 5.74) is 2.83. The van der Waals surface area contributed by atoms with Gasteiger partial charge in [0.05, 0.1) is 34.8 Å². The highest BCUT2D eigenvalue weighted by molar-refractivity contribution is 6.38. The molecule has 5 N–H and O–H groups in total. The van der Waals surface area contributed by atoms with E-state index in [4.69, 9.17) is 17.3 Å². The molecule has 43 heavy (non-hydrogen) atoms. The Morgan fingerprint density at radius 1 is 1.09 bits per heavy atom. The average molecular weight is 618 g/mol. The molecular formula is C29H36ClN5O8. The van der Waals surface area contributed by atoms with Crippen molar-refractivity contribution in [2.24, 2.45) is 29.4 Å². The monoisotopic (exact) mass is 617 g/mol. The second-order valence-corrected chi connectivity index (χ2v) is 12.8. The van der Waals surface area contributed by atoms with Crippen molar-refractivity contribution >= 4 is 57.9 Å². The zero-order valence-electron chi connectivity index (χ0n) is 24.5. The minimum Gasteiger partial charge on any atom is -0.505 e. The number of rotatable bonds is 6. The van der Waals surface area contributed by atoms with E-state index in [1.165, 1.54) is 19.0 Å². The molecule has 5 rings (SSSR count). The Bertz CT molecular complexity index is 1450. The SMILES string of the molecule is CN(C)c1c(Cl)c(NC(=O)CN2CCCC2)c(O)c2c1CC1CC3[C@H](N(C)C)C(=O)C(C(N)=O)C(=O)[C@@]3(O)C(=O)C1C2=O. The van der Waals surface area contributed by atoms with Gasteiger partial charge in [-0.05, 0) is 64.3 Å². The molecule has 0 aromatic heterocycles. The Balaban J connectivity index is 1.61. The molecule has 1 aliphatic heterocycles. The Labute approximate surface area is 253 Å². The number of hydrogen-bond acceptors (Lipinski definition) is 11. The van der Waals surface area contributed by atoms with Gasteiger partial charge in [-0.1, -0.05) is 11.6 Å². The van der Waals surface area contributed by atoms with Crippen molar-refractivity contribution < 1.29 is 39.0 Å². The number of carbonyl (C=O) groups is 6. The lowest BCUT2D eigenvalue weighted by atomic mass is 9.52. The van der Waals surface area contributed by atoms with E-state index in [0.717, 1.165) is 25.9 Å². The van der Waals surface area contributed by atoms with E-state index in [1.54, 1.807) is 19.0 Å². The fourth-order valence-corrected chi connectivity index (χ4v) is 8.01. The molecule has 13 nitrogen and oxygen atoms in total. The highest BCUT2D eigenvalue weighted by Gasteiger charge is 2.69. The molecule has 1 aromatic rings. The number of likely N-dealkylation sites (tertiary alicyclic amines) is 1. The standard InChI is InChI=1S/C29H36ClN5O8/c1-33(2)21-13-9-12-10-14-22(34(3)4)25(39)18(28(31)42)27(41)29(14,43)26(40)16(12)23(37)17(13)24(38)20(19(21)30)32-15(36)11-35-7-5-6-8-35/h12,14,16,18,22,38,43H,5-11H2,1-4H3,(H2,31,42)(H,32,36)/t12?,14?,16?,18?,22-,29-/m0/s1. The van der Waals surface area contributed by atoms with Crippen LogP contribution in [0, 0.1) is 23.7 Å². The number of likely N-dealkylation sites (N-methyl/N-ethyl adjacent to an activating group) is 1. The normalized spacial score (nSPS) is 30.6. The number of hydrogen-bond donors (Lipinski definition) is 4. The maximum atomic E-state index is 14.1. The highest BCUT2D eigenvalue weighted by Crippen LogP contribution is 2.54. The van der Waals surface area contributed by atoms with Gasteiger partial charge in [-0.2, -0.15) is 0 Å². The summed E-state index contributed by atoms with van der Waals surface area (Å²) in [6.07, 6.45) is 1.90. The summed E-state index contributed by atoms with van der Waals surface area (Å²) in [5.74, 6) is -12.1. The topological polar surface area (TPSA) is 191 Å². The van der Waals surface area contributed by atoms with Crippen LogP contribution in [-0.4, -0.2) is 114 Å². The lowest BCUT2D eigenvalue weighted by molar-refractivity contribution is -0.181. The third-order valence-corrected chi connectivity index (χ3v) is 9.79. The van der Waals surface area contributed by atoms with E-state index in [-0.39, 0.29) is 35.7 Å². The molecule has 2 amide bonds. The van der Waals surface area contributed by atoms with Gasteiger partial charge in [-0.25, -0.2) is 0 Å². The second-order valence-electron chi connectivity index (χ2n) is 12.5. The molecule has 14 heteroatoms. The van der Waals surface area contributed by atoms with Gasteiger partial charge < -0.3 is 26.2 Å². The number of amides is 2. The van der Waals surface area contributed by atoms with E-state index in [0.29, 0.717) is 11.3 Å². The predicted molar refractivity (Wildman–Crippen MR) is 155 cm³/mol. The van der Waals surface area contributed by atoms with Crippen LogP contribution >= 0.6 is 11.6 Å². The number of aliphatic hydroxyl groups is 1. The Morgan fingerprint density at radius 3 is 2.28 bits per heavy atom. The molecule has 232 valence electrons. The Morgan fingerprint density at radius 2 is 1.72 bits per heavy atom. The third kappa shape index (κ3) is 4.64. The molecule has 2 saturated carbocycles. The molecule has 0 spiro atoms. The summed E-state index contributed by atoms with van der Waals surface area (Å²) in [4.78, 5) is 85.0. The summed E-state index contributed by atoms with van der Waals surface area (Å²) in [6.45, 7) is 1.57. The smallest absolute Gasteiger partial charge is 0.238 e. The number of Topliss-reactive ketones (excluding diaryl/α,β-unsaturated/α-hetero) is 4. The number of benzene rings is 1. The first-order chi connectivity index (χ1) is 20.1. The lowest BCUT2D eigenvalue weighted by Gasteiger charge is -2.52. The van der Waals surface area contributed by atoms with Crippen LogP contribution in [0.2, 0.25) is 5.02 Å². The minimum atomic E-state index is -2.82. The van der Waals surface area contributed by atoms with Crippen LogP contribution in [0.4, 0.5) is 11.4 Å². The minimum absolute atomic E-state index is 0.0133. The van der Waals surface area contributed by atoms with Crippen molar-refractivity contribution in [3.8, 4) is 5.75 Å². The van der Waals surface area contributed by atoms with Crippen molar-refractivity contribution in [2.75, 3.05) is 58.0 Å². The van der Waals surface area contributed by atoms with Crippen LogP contribution in [0.15, 0.2) is 0 Å². The molecular weight excluding hydrogens is 582 g/mol. The van der Waals surface area contributed by atoms with Crippen LogP contribution in [0.1, 0.15) is 35.2 Å². The van der Waals surface area contributed by atoms with Crippen molar-refractivity contribution in [1.82, 2.24) is 9.80 Å². The molecule has 3 fully saturated rings. The van der Waals surface area contributed by atoms with E-state index >= 15 is 0 Å². The highest BCUT2D eigenvalue weighted by atomic mass is 35.5. The van der Waals surface area contributed by atoms with E-state index in [2.05, 4.69) is 5.32 Å². The molecule has 1 heterocycles. The summed E-state index contributed by atoms with van der Waals surface area (Å²) >= 11 is 6.75. The van der Waals surface area contributed by atoms with Gasteiger partial charge in [-0.15, -0.1) is 0 Å². The molecule has 1 aromatic carbocycles. The number of ketones is 4. The fraction of sp³-hybridized carbons (Fsp3) is 0.586. The predicted octanol–water partition coefficient (Wildman–Crippen LogP) is -0.379. The fourth-order valence-electron chi connectivity index (χ4n) is 7.59. The van der Waals surface area contributed by atoms with Gasteiger partial charge >= 0.3 is 0 Å². The number of fused-ring (bicyclic) bond motifs is 3. The number of nitrogens with two attached hydrogens (primary N) is 1. The van der Waals surface area contributed by atoms with Crippen molar-refractivity contribution in [3.63, 3.8) is 0 Å². The summed E-state index contributed by atoms with van der Waals surface area (Å²) in [7, 11) is 6.41. The van der Waals surface area contributed by atoms with Crippen LogP contribution < -0.4 is 16.0 Å². The third-order valence-electron chi connectivity index (χ3n) is 9.42. The molecule has 3 aliphatic carbocycles. The van der Waals surface area contributed by atoms with Gasteiger partial charge in [-0.3, -0.25) is 38.6 Å². The lowest BCUT2D eigenvalue weighted by Crippen LogP contribution is -2.74. The number of nitrogens with one attached hydrogen (secondary N) is 1. The number of phenolic OH excluding ortho intramolecular Hbond substituents is 1. The summed E-state index contributed by atoms with van der Waals surface area (Å²) in [6, 6.07) is -1.19. The first-order valence-corrected chi connectivity index (χ1v) is 14.6. The molecule has 0 bridgehead atoms. The maximum absolute atomic E-state index is 14.1. The molecule has 0 radical (unpaired) electrons. The quantitative estimate of drug-likeness (QED) is 0.240. The number of primary amides is 1. The summed E-state index contributed by atoms with van der Waals surface area (Å²) < 4.78 is 0. The largest absolute Gasteiger partial charge is 0.505 e. The van der Waals surface area contributed by atoms with Crippen LogP contribution in [0.25, 0.3) is 0 Å². The average Bonchev–Trinajstić information content (AvgIpc) is 3.41. The van der Waals surface area contributed by atoms with Crippen molar-refractivity contribution in [3.05, 3.63) is 16.1 Å². The Kier molecular flexibility index (Phi) is 7.91. The molecule has 4 unspecified atom stereocenters. The molecule has 1 saturated heterocycles. The maximum Gasteiger partial charge on any atom is 0.238 e. The number of anilines is 2. The number of carbonyl (C=O) groups excluding carboxylic acids is 6. The number of nitrogens with zero attached hydrogens (tertiary/aromatic N) is 3. The first kappa shape index (κ1) is 31.0. The van der Waals surface area contributed by atoms with Crippen molar-refractivity contribution in [1.29, 1.82) is 0 Å². The van der Waals surface area contributed by atoms with E-state index < -0.39 is 76.0 Å². The van der Waals surface area contributed by atoms with E-state index in [9.17, 15) is 39.0 Å². The summed E-state index contributed by atoms with van der Waals surface area (Å²) in [5, 5.41) is 25.8. The van der Waals surface area contributed by atoms with Gasteiger partial charge in [0.15, 0.2) is 40.4 Å². The number of aromatic hydroxyl groups is 1. The first-order valence-electron chi connectivity index (χ1n) is 14.2. The van der Waals surface area contributed by atoms with Crippen LogP contribution in [-0.2, 0) is 30.4 Å². The number of phenols is 1. The Hall–Kier alpha value is -3.39. The van der Waals surface area contributed by atoms with E-state index in [1.807, 2.05) is 4.90 Å². The number of halogens is 1. The zero-order valence-corrected chi connectivity index (χ0v) is 25.2. The van der Waals surface area contributed by atoms with Crippen LogP contribution in [0.5, 0.6) is 5.75 Å². The molecule has 4 aliphatic rings. The molecule has 6 atom stereocenters. The van der Waals surface area contributed by atoms with Gasteiger partial charge in [0.1, 0.15) is 5.69 Å².